The highest BCUT2D eigenvalue weighted by Crippen LogP contribution is 2.26. The number of phenolic OH excluding ortho intramolecular Hbond substituents is 1. The molecule has 1 aromatic rings. The van der Waals surface area contributed by atoms with Gasteiger partial charge in [-0.3, -0.25) is 0 Å². The third-order valence-electron chi connectivity index (χ3n) is 1.89. The van der Waals surface area contributed by atoms with E-state index in [-0.39, 0.29) is 11.8 Å². The summed E-state index contributed by atoms with van der Waals surface area (Å²) in [5.74, 6) is 0.279. The molecule has 0 spiro atoms. The number of hydrogen-bond acceptors (Lipinski definition) is 2. The zero-order valence-corrected chi connectivity index (χ0v) is 7.89. The van der Waals surface area contributed by atoms with Crippen molar-refractivity contribution in [3.05, 3.63) is 28.8 Å². The molecule has 0 heterocycles. The van der Waals surface area contributed by atoms with Crippen LogP contribution in [0.15, 0.2) is 18.2 Å². The smallest absolute Gasteiger partial charge is 0.120 e. The molecule has 2 nitrogen and oxygen atoms in total. The van der Waals surface area contributed by atoms with Gasteiger partial charge in [0.1, 0.15) is 5.75 Å². The van der Waals surface area contributed by atoms with Crippen LogP contribution in [-0.4, -0.2) is 12.2 Å². The van der Waals surface area contributed by atoms with E-state index in [2.05, 4.69) is 5.32 Å². The molecule has 0 aliphatic heterocycles. The molecule has 0 radical (unpaired) electrons. The van der Waals surface area contributed by atoms with Crippen molar-refractivity contribution in [3.63, 3.8) is 0 Å². The highest BCUT2D eigenvalue weighted by atomic mass is 35.5. The van der Waals surface area contributed by atoms with E-state index in [4.69, 9.17) is 11.6 Å². The van der Waals surface area contributed by atoms with Crippen LogP contribution in [0.3, 0.4) is 0 Å². The summed E-state index contributed by atoms with van der Waals surface area (Å²) in [7, 11) is 1.84. The molecule has 0 aliphatic rings. The lowest BCUT2D eigenvalue weighted by Gasteiger charge is -2.12. The Morgan fingerprint density at radius 1 is 1.50 bits per heavy atom. The van der Waals surface area contributed by atoms with Crippen LogP contribution in [0, 0.1) is 0 Å². The molecule has 66 valence electrons. The predicted octanol–water partition coefficient (Wildman–Crippen LogP) is 2.33. The predicted molar refractivity (Wildman–Crippen MR) is 50.6 cm³/mol. The number of hydrogen-bond donors (Lipinski definition) is 2. The second-order valence-corrected chi connectivity index (χ2v) is 3.15. The Labute approximate surface area is 77.2 Å². The molecular weight excluding hydrogens is 174 g/mol. The highest BCUT2D eigenvalue weighted by molar-refractivity contribution is 6.30. The maximum absolute atomic E-state index is 9.44. The fourth-order valence-electron chi connectivity index (χ4n) is 1.03. The van der Waals surface area contributed by atoms with Crippen LogP contribution in [0.1, 0.15) is 18.5 Å². The summed E-state index contributed by atoms with van der Waals surface area (Å²) < 4.78 is 0. The van der Waals surface area contributed by atoms with Gasteiger partial charge in [-0.05, 0) is 32.2 Å². The van der Waals surface area contributed by atoms with Crippen LogP contribution in [0.25, 0.3) is 0 Å². The second-order valence-electron chi connectivity index (χ2n) is 2.71. The number of halogens is 1. The van der Waals surface area contributed by atoms with Gasteiger partial charge in [0.2, 0.25) is 0 Å². The molecule has 2 N–H and O–H groups in total. The number of phenols is 1. The van der Waals surface area contributed by atoms with Gasteiger partial charge in [-0.25, -0.2) is 0 Å². The van der Waals surface area contributed by atoms with Crippen molar-refractivity contribution in [2.24, 2.45) is 0 Å². The lowest BCUT2D eigenvalue weighted by Crippen LogP contribution is -2.12. The molecule has 0 aromatic heterocycles. The minimum Gasteiger partial charge on any atom is -0.508 e. The number of benzene rings is 1. The van der Waals surface area contributed by atoms with E-state index >= 15 is 0 Å². The first-order valence-corrected chi connectivity index (χ1v) is 4.18. The first-order valence-electron chi connectivity index (χ1n) is 3.81. The quantitative estimate of drug-likeness (QED) is 0.741. The Morgan fingerprint density at radius 2 is 2.17 bits per heavy atom. The van der Waals surface area contributed by atoms with Crippen molar-refractivity contribution < 1.29 is 5.11 Å². The summed E-state index contributed by atoms with van der Waals surface area (Å²) in [6, 6.07) is 5.15. The Hall–Kier alpha value is -0.730. The van der Waals surface area contributed by atoms with Crippen LogP contribution < -0.4 is 5.32 Å². The summed E-state index contributed by atoms with van der Waals surface area (Å²) in [5.41, 5.74) is 0.824. The van der Waals surface area contributed by atoms with Crippen molar-refractivity contribution in [1.82, 2.24) is 5.32 Å². The van der Waals surface area contributed by atoms with E-state index in [1.807, 2.05) is 14.0 Å². The average Bonchev–Trinajstić information content (AvgIpc) is 2.08. The highest BCUT2D eigenvalue weighted by Gasteiger charge is 2.07. The van der Waals surface area contributed by atoms with Gasteiger partial charge in [0, 0.05) is 16.6 Å². The normalized spacial score (nSPS) is 12.9. The van der Waals surface area contributed by atoms with E-state index in [9.17, 15) is 5.11 Å². The number of aromatic hydroxyl groups is 1. The van der Waals surface area contributed by atoms with E-state index in [1.54, 1.807) is 18.2 Å². The molecule has 0 saturated heterocycles. The minimum absolute atomic E-state index is 0.115. The Bertz CT molecular complexity index is 275. The second kappa shape index (κ2) is 3.78. The summed E-state index contributed by atoms with van der Waals surface area (Å²) in [6.45, 7) is 1.96. The first-order chi connectivity index (χ1) is 5.65. The van der Waals surface area contributed by atoms with Gasteiger partial charge in [0.05, 0.1) is 0 Å². The van der Waals surface area contributed by atoms with Gasteiger partial charge in [-0.2, -0.15) is 0 Å². The van der Waals surface area contributed by atoms with E-state index in [0.717, 1.165) is 5.56 Å². The van der Waals surface area contributed by atoms with Gasteiger partial charge in [-0.1, -0.05) is 11.6 Å². The third-order valence-corrected chi connectivity index (χ3v) is 2.12. The van der Waals surface area contributed by atoms with Crippen molar-refractivity contribution in [2.75, 3.05) is 7.05 Å². The van der Waals surface area contributed by atoms with Crippen LogP contribution in [0.2, 0.25) is 5.02 Å². The van der Waals surface area contributed by atoms with Crippen molar-refractivity contribution in [1.29, 1.82) is 0 Å². The van der Waals surface area contributed by atoms with Crippen LogP contribution in [0.5, 0.6) is 5.75 Å². The number of rotatable bonds is 2. The fraction of sp³-hybridized carbons (Fsp3) is 0.333. The molecule has 3 heteroatoms. The van der Waals surface area contributed by atoms with Crippen LogP contribution in [-0.2, 0) is 0 Å². The molecule has 1 aromatic carbocycles. The zero-order chi connectivity index (χ0) is 9.14. The standard InChI is InChI=1S/C9H12ClNO/c1-6(11-2)8-5-7(10)3-4-9(8)12/h3-6,11-12H,1-2H3/t6-/m0/s1. The van der Waals surface area contributed by atoms with E-state index in [0.29, 0.717) is 5.02 Å². The molecule has 1 rings (SSSR count). The molecule has 0 amide bonds. The summed E-state index contributed by atoms with van der Waals surface area (Å²) >= 11 is 5.78. The zero-order valence-electron chi connectivity index (χ0n) is 7.13. The van der Waals surface area contributed by atoms with E-state index in [1.165, 1.54) is 0 Å². The van der Waals surface area contributed by atoms with Gasteiger partial charge in [0.15, 0.2) is 0 Å². The summed E-state index contributed by atoms with van der Waals surface area (Å²) in [4.78, 5) is 0. The molecule has 0 bridgehead atoms. The van der Waals surface area contributed by atoms with Crippen molar-refractivity contribution in [2.45, 2.75) is 13.0 Å². The molecule has 12 heavy (non-hydrogen) atoms. The SMILES string of the molecule is CN[C@@H](C)c1cc(Cl)ccc1O. The van der Waals surface area contributed by atoms with Gasteiger partial charge in [0.25, 0.3) is 0 Å². The van der Waals surface area contributed by atoms with Gasteiger partial charge < -0.3 is 10.4 Å². The minimum atomic E-state index is 0.115. The topological polar surface area (TPSA) is 32.3 Å². The molecular formula is C9H12ClNO. The molecule has 0 aliphatic carbocycles. The first kappa shape index (κ1) is 9.36. The third kappa shape index (κ3) is 1.90. The van der Waals surface area contributed by atoms with Crippen LogP contribution in [0.4, 0.5) is 0 Å². The van der Waals surface area contributed by atoms with Gasteiger partial charge in [-0.15, -0.1) is 0 Å². The fourth-order valence-corrected chi connectivity index (χ4v) is 1.21. The Morgan fingerprint density at radius 3 is 2.75 bits per heavy atom. The van der Waals surface area contributed by atoms with Crippen LogP contribution >= 0.6 is 11.6 Å². The van der Waals surface area contributed by atoms with Crippen molar-refractivity contribution >= 4 is 11.6 Å². The van der Waals surface area contributed by atoms with Crippen molar-refractivity contribution in [3.8, 4) is 5.75 Å². The molecule has 0 fully saturated rings. The summed E-state index contributed by atoms with van der Waals surface area (Å²) in [6.07, 6.45) is 0. The molecule has 1 atom stereocenters. The average molecular weight is 186 g/mol. The Balaban J connectivity index is 3.04. The molecule has 0 saturated carbocycles. The summed E-state index contributed by atoms with van der Waals surface area (Å²) in [5, 5.41) is 13.1. The molecule has 0 unspecified atom stereocenters. The number of nitrogens with one attached hydrogen (secondary N) is 1. The largest absolute Gasteiger partial charge is 0.508 e. The monoisotopic (exact) mass is 185 g/mol. The lowest BCUT2D eigenvalue weighted by atomic mass is 10.1. The Kier molecular flexibility index (Phi) is 2.95. The lowest BCUT2D eigenvalue weighted by molar-refractivity contribution is 0.458. The van der Waals surface area contributed by atoms with Gasteiger partial charge >= 0.3 is 0 Å². The van der Waals surface area contributed by atoms with E-state index < -0.39 is 0 Å². The maximum atomic E-state index is 9.44. The maximum Gasteiger partial charge on any atom is 0.120 e.